The van der Waals surface area contributed by atoms with E-state index in [0.29, 0.717) is 12.6 Å². The van der Waals surface area contributed by atoms with Gasteiger partial charge < -0.3 is 14.8 Å². The Morgan fingerprint density at radius 2 is 2.14 bits per heavy atom. The molecule has 1 fully saturated rings. The molecule has 0 spiro atoms. The molecule has 1 aromatic rings. The molecule has 1 aliphatic carbocycles. The van der Waals surface area contributed by atoms with Crippen LogP contribution in [0.5, 0.6) is 11.5 Å². The maximum Gasteiger partial charge on any atom is 0.161 e. The molecule has 0 radical (unpaired) electrons. The molecule has 2 rings (SSSR count). The Hall–Kier alpha value is -1.48. The van der Waals surface area contributed by atoms with E-state index in [1.165, 1.54) is 31.2 Å². The molecular formula is C19H29NO2. The van der Waals surface area contributed by atoms with Gasteiger partial charge in [-0.2, -0.15) is 0 Å². The fourth-order valence-electron chi connectivity index (χ4n) is 3.02. The summed E-state index contributed by atoms with van der Waals surface area (Å²) < 4.78 is 11.2. The lowest BCUT2D eigenvalue weighted by Crippen LogP contribution is -2.33. The molecule has 1 aromatic carbocycles. The zero-order chi connectivity index (χ0) is 15.9. The first-order valence-electron chi connectivity index (χ1n) is 8.26. The van der Waals surface area contributed by atoms with Gasteiger partial charge in [0.05, 0.1) is 7.11 Å². The van der Waals surface area contributed by atoms with Crippen LogP contribution in [-0.2, 0) is 6.54 Å². The fraction of sp³-hybridized carbons (Fsp3) is 0.579. The van der Waals surface area contributed by atoms with Crippen LogP contribution in [0.1, 0.15) is 45.1 Å². The van der Waals surface area contributed by atoms with Crippen LogP contribution in [0, 0.1) is 5.92 Å². The first kappa shape index (κ1) is 16.9. The van der Waals surface area contributed by atoms with Gasteiger partial charge in [-0.05, 0) is 49.0 Å². The summed E-state index contributed by atoms with van der Waals surface area (Å²) in [4.78, 5) is 0. The van der Waals surface area contributed by atoms with E-state index < -0.39 is 0 Å². The highest BCUT2D eigenvalue weighted by Gasteiger charge is 2.18. The van der Waals surface area contributed by atoms with Crippen molar-refractivity contribution in [1.29, 1.82) is 0 Å². The maximum absolute atomic E-state index is 5.71. The Bertz CT molecular complexity index is 498. The summed E-state index contributed by atoms with van der Waals surface area (Å²) in [7, 11) is 1.68. The molecule has 0 bridgehead atoms. The summed E-state index contributed by atoms with van der Waals surface area (Å²) in [6.45, 7) is 9.57. The predicted octanol–water partition coefficient (Wildman–Crippen LogP) is 4.32. The Balaban J connectivity index is 1.92. The number of hydrogen-bond acceptors (Lipinski definition) is 3. The second-order valence-corrected chi connectivity index (χ2v) is 6.58. The number of rotatable bonds is 7. The molecule has 2 atom stereocenters. The minimum atomic E-state index is 0.522. The van der Waals surface area contributed by atoms with E-state index in [0.717, 1.165) is 29.5 Å². The van der Waals surface area contributed by atoms with Crippen molar-refractivity contribution in [3.05, 3.63) is 35.9 Å². The number of nitrogens with one attached hydrogen (secondary N) is 1. The monoisotopic (exact) mass is 303 g/mol. The van der Waals surface area contributed by atoms with E-state index in [4.69, 9.17) is 9.47 Å². The average Bonchev–Trinajstić information content (AvgIpc) is 2.51. The molecule has 0 saturated heterocycles. The zero-order valence-corrected chi connectivity index (χ0v) is 14.2. The van der Waals surface area contributed by atoms with Crippen LogP contribution in [0.4, 0.5) is 0 Å². The largest absolute Gasteiger partial charge is 0.493 e. The van der Waals surface area contributed by atoms with Crippen LogP contribution in [-0.4, -0.2) is 19.8 Å². The summed E-state index contributed by atoms with van der Waals surface area (Å²) in [5.41, 5.74) is 2.23. The van der Waals surface area contributed by atoms with Gasteiger partial charge in [-0.1, -0.05) is 32.4 Å². The molecule has 0 amide bonds. The van der Waals surface area contributed by atoms with Gasteiger partial charge in [0.2, 0.25) is 0 Å². The quantitative estimate of drug-likeness (QED) is 0.761. The Morgan fingerprint density at radius 1 is 1.32 bits per heavy atom. The normalized spacial score (nSPS) is 21.4. The van der Waals surface area contributed by atoms with Crippen LogP contribution >= 0.6 is 0 Å². The number of benzene rings is 1. The van der Waals surface area contributed by atoms with Crippen molar-refractivity contribution in [1.82, 2.24) is 5.32 Å². The summed E-state index contributed by atoms with van der Waals surface area (Å²) in [5.74, 6) is 2.41. The molecule has 0 aromatic heterocycles. The number of hydrogen-bond donors (Lipinski definition) is 1. The van der Waals surface area contributed by atoms with Gasteiger partial charge in [-0.15, -0.1) is 0 Å². The summed E-state index contributed by atoms with van der Waals surface area (Å²) >= 11 is 0. The van der Waals surface area contributed by atoms with E-state index in [2.05, 4.69) is 31.0 Å². The van der Waals surface area contributed by atoms with Gasteiger partial charge in [0.25, 0.3) is 0 Å². The van der Waals surface area contributed by atoms with Gasteiger partial charge in [0, 0.05) is 12.6 Å². The van der Waals surface area contributed by atoms with E-state index in [-0.39, 0.29) is 0 Å². The molecule has 3 nitrogen and oxygen atoms in total. The van der Waals surface area contributed by atoms with Crippen molar-refractivity contribution in [3.8, 4) is 11.5 Å². The average molecular weight is 303 g/mol. The Kier molecular flexibility index (Phi) is 6.32. The molecular weight excluding hydrogens is 274 g/mol. The third-order valence-corrected chi connectivity index (χ3v) is 4.23. The zero-order valence-electron chi connectivity index (χ0n) is 14.2. The van der Waals surface area contributed by atoms with Crippen molar-refractivity contribution < 1.29 is 9.47 Å². The first-order valence-corrected chi connectivity index (χ1v) is 8.26. The van der Waals surface area contributed by atoms with Crippen LogP contribution in [0.2, 0.25) is 0 Å². The van der Waals surface area contributed by atoms with Crippen molar-refractivity contribution in [3.63, 3.8) is 0 Å². The third kappa shape index (κ3) is 5.06. The van der Waals surface area contributed by atoms with E-state index in [1.54, 1.807) is 7.11 Å². The molecule has 1 saturated carbocycles. The van der Waals surface area contributed by atoms with E-state index in [9.17, 15) is 0 Å². The third-order valence-electron chi connectivity index (χ3n) is 4.23. The highest BCUT2D eigenvalue weighted by molar-refractivity contribution is 5.43. The molecule has 2 unspecified atom stereocenters. The highest BCUT2D eigenvalue weighted by atomic mass is 16.5. The second kappa shape index (κ2) is 8.23. The smallest absolute Gasteiger partial charge is 0.161 e. The van der Waals surface area contributed by atoms with Crippen molar-refractivity contribution in [2.45, 2.75) is 52.1 Å². The van der Waals surface area contributed by atoms with Crippen LogP contribution in [0.25, 0.3) is 0 Å². The maximum atomic E-state index is 5.71. The molecule has 122 valence electrons. The predicted molar refractivity (Wildman–Crippen MR) is 91.6 cm³/mol. The lowest BCUT2D eigenvalue weighted by Gasteiger charge is -2.27. The molecule has 0 heterocycles. The second-order valence-electron chi connectivity index (χ2n) is 6.58. The first-order chi connectivity index (χ1) is 10.6. The van der Waals surface area contributed by atoms with Crippen LogP contribution in [0.15, 0.2) is 30.4 Å². The number of methoxy groups -OCH3 is 1. The minimum Gasteiger partial charge on any atom is -0.493 e. The van der Waals surface area contributed by atoms with Gasteiger partial charge >= 0.3 is 0 Å². The highest BCUT2D eigenvalue weighted by Crippen LogP contribution is 2.29. The van der Waals surface area contributed by atoms with Gasteiger partial charge in [-0.3, -0.25) is 0 Å². The van der Waals surface area contributed by atoms with Crippen LogP contribution < -0.4 is 14.8 Å². The number of ether oxygens (including phenoxy) is 2. The molecule has 1 N–H and O–H groups in total. The van der Waals surface area contributed by atoms with E-state index >= 15 is 0 Å². The van der Waals surface area contributed by atoms with Crippen molar-refractivity contribution in [2.24, 2.45) is 5.92 Å². The topological polar surface area (TPSA) is 30.5 Å². The van der Waals surface area contributed by atoms with Gasteiger partial charge in [0.1, 0.15) is 6.61 Å². The Morgan fingerprint density at radius 3 is 2.82 bits per heavy atom. The summed E-state index contributed by atoms with van der Waals surface area (Å²) in [6.07, 6.45) is 5.30. The minimum absolute atomic E-state index is 0.522. The van der Waals surface area contributed by atoms with Gasteiger partial charge in [-0.25, -0.2) is 0 Å². The van der Waals surface area contributed by atoms with Crippen molar-refractivity contribution in [2.75, 3.05) is 13.7 Å². The summed E-state index contributed by atoms with van der Waals surface area (Å²) in [6, 6.07) is 6.80. The molecule has 3 heteroatoms. The SMILES string of the molecule is C=C(C)COc1ccc(CNC2CCCC(C)C2)cc1OC. The molecule has 1 aliphatic rings. The van der Waals surface area contributed by atoms with E-state index in [1.807, 2.05) is 13.0 Å². The van der Waals surface area contributed by atoms with Crippen LogP contribution in [0.3, 0.4) is 0 Å². The lowest BCUT2D eigenvalue weighted by atomic mass is 9.87. The molecule has 22 heavy (non-hydrogen) atoms. The molecule has 0 aliphatic heterocycles. The van der Waals surface area contributed by atoms with Crippen molar-refractivity contribution >= 4 is 0 Å². The van der Waals surface area contributed by atoms with Gasteiger partial charge in [0.15, 0.2) is 11.5 Å². The Labute approximate surface area is 134 Å². The fourth-order valence-corrected chi connectivity index (χ4v) is 3.02. The summed E-state index contributed by atoms with van der Waals surface area (Å²) in [5, 5.41) is 3.68. The standard InChI is InChI=1S/C19H29NO2/c1-14(2)13-22-18-9-8-16(11-19(18)21-4)12-20-17-7-5-6-15(3)10-17/h8-9,11,15,17,20H,1,5-7,10,12-13H2,2-4H3. The lowest BCUT2D eigenvalue weighted by molar-refractivity contribution is 0.300.